The molecule has 1 rings (SSSR count). The average Bonchev–Trinajstić information content (AvgIpc) is 2.18. The van der Waals surface area contributed by atoms with E-state index in [2.05, 4.69) is 19.9 Å². The molecule has 0 saturated heterocycles. The highest BCUT2D eigenvalue weighted by Crippen LogP contribution is 2.31. The zero-order valence-electron chi connectivity index (χ0n) is 9.84. The summed E-state index contributed by atoms with van der Waals surface area (Å²) < 4.78 is 0. The van der Waals surface area contributed by atoms with E-state index in [0.717, 1.165) is 31.3 Å². The molecule has 0 aromatic rings. The topological polar surface area (TPSA) is 37.3 Å². The summed E-state index contributed by atoms with van der Waals surface area (Å²) in [6.07, 6.45) is 7.98. The van der Waals surface area contributed by atoms with Crippen LogP contribution >= 0.6 is 0 Å². The molecule has 0 aliphatic heterocycles. The third kappa shape index (κ3) is 3.54. The number of carboxylic acids is 1. The summed E-state index contributed by atoms with van der Waals surface area (Å²) in [6.45, 7) is 6.37. The Morgan fingerprint density at radius 2 is 2.07 bits per heavy atom. The first-order valence-corrected chi connectivity index (χ1v) is 5.53. The van der Waals surface area contributed by atoms with Crippen LogP contribution in [0.2, 0.25) is 0 Å². The Morgan fingerprint density at radius 3 is 2.67 bits per heavy atom. The van der Waals surface area contributed by atoms with Gasteiger partial charge in [-0.15, -0.1) is 0 Å². The van der Waals surface area contributed by atoms with Gasteiger partial charge in [0.25, 0.3) is 0 Å². The standard InChI is InChI=1S/C13H20O2/c1-10-7-9-13(2,3)8-5-4-6-11(10)12(14)15/h6-7H,4-5,8-9H2,1-3H3,(H,14,15). The second-order valence-electron chi connectivity index (χ2n) is 5.07. The summed E-state index contributed by atoms with van der Waals surface area (Å²) in [7, 11) is 0. The molecule has 0 radical (unpaired) electrons. The van der Waals surface area contributed by atoms with Crippen molar-refractivity contribution in [2.45, 2.75) is 46.5 Å². The summed E-state index contributed by atoms with van der Waals surface area (Å²) in [5.74, 6) is -0.802. The van der Waals surface area contributed by atoms with Gasteiger partial charge in [0, 0.05) is 0 Å². The van der Waals surface area contributed by atoms with Crippen LogP contribution in [0.1, 0.15) is 46.5 Å². The molecule has 0 atom stereocenters. The van der Waals surface area contributed by atoms with Crippen molar-refractivity contribution in [1.82, 2.24) is 0 Å². The SMILES string of the molecule is CC1=CCC(C)(C)CCCC=C1C(=O)O. The van der Waals surface area contributed by atoms with Crippen LogP contribution in [-0.4, -0.2) is 11.1 Å². The number of aliphatic carboxylic acids is 1. The second kappa shape index (κ2) is 4.65. The van der Waals surface area contributed by atoms with Crippen molar-refractivity contribution in [2.24, 2.45) is 5.41 Å². The van der Waals surface area contributed by atoms with Gasteiger partial charge in [-0.25, -0.2) is 4.79 Å². The number of rotatable bonds is 1. The van der Waals surface area contributed by atoms with Gasteiger partial charge in [-0.05, 0) is 43.6 Å². The molecule has 0 aromatic carbocycles. The summed E-state index contributed by atoms with van der Waals surface area (Å²) >= 11 is 0. The molecule has 15 heavy (non-hydrogen) atoms. The monoisotopic (exact) mass is 208 g/mol. The van der Waals surface area contributed by atoms with Crippen LogP contribution in [0.5, 0.6) is 0 Å². The maximum Gasteiger partial charge on any atom is 0.335 e. The lowest BCUT2D eigenvalue weighted by atomic mass is 9.84. The second-order valence-corrected chi connectivity index (χ2v) is 5.07. The number of carboxylic acid groups (broad SMARTS) is 1. The maximum atomic E-state index is 11.0. The van der Waals surface area contributed by atoms with Gasteiger partial charge in [-0.1, -0.05) is 26.0 Å². The molecular formula is C13H20O2. The molecule has 0 aromatic heterocycles. The minimum atomic E-state index is -0.802. The Morgan fingerprint density at radius 1 is 1.40 bits per heavy atom. The van der Waals surface area contributed by atoms with Crippen molar-refractivity contribution in [1.29, 1.82) is 0 Å². The Balaban J connectivity index is 2.91. The number of hydrogen-bond donors (Lipinski definition) is 1. The minimum Gasteiger partial charge on any atom is -0.478 e. The van der Waals surface area contributed by atoms with E-state index in [1.165, 1.54) is 0 Å². The molecule has 1 aliphatic carbocycles. The zero-order chi connectivity index (χ0) is 11.5. The molecule has 0 heterocycles. The number of hydrogen-bond acceptors (Lipinski definition) is 1. The fourth-order valence-corrected chi connectivity index (χ4v) is 1.89. The van der Waals surface area contributed by atoms with E-state index in [-0.39, 0.29) is 0 Å². The van der Waals surface area contributed by atoms with E-state index in [0.29, 0.717) is 11.0 Å². The van der Waals surface area contributed by atoms with Crippen molar-refractivity contribution in [3.05, 3.63) is 23.3 Å². The van der Waals surface area contributed by atoms with E-state index in [4.69, 9.17) is 5.11 Å². The summed E-state index contributed by atoms with van der Waals surface area (Å²) in [6, 6.07) is 0. The van der Waals surface area contributed by atoms with Crippen molar-refractivity contribution < 1.29 is 9.90 Å². The van der Waals surface area contributed by atoms with Gasteiger partial charge in [-0.2, -0.15) is 0 Å². The van der Waals surface area contributed by atoms with Crippen LogP contribution in [0.4, 0.5) is 0 Å². The van der Waals surface area contributed by atoms with Gasteiger partial charge >= 0.3 is 5.97 Å². The quantitative estimate of drug-likeness (QED) is 0.715. The molecule has 0 fully saturated rings. The largest absolute Gasteiger partial charge is 0.478 e. The van der Waals surface area contributed by atoms with Crippen LogP contribution < -0.4 is 0 Å². The van der Waals surface area contributed by atoms with Gasteiger partial charge in [0.2, 0.25) is 0 Å². The lowest BCUT2D eigenvalue weighted by Gasteiger charge is -2.22. The fourth-order valence-electron chi connectivity index (χ4n) is 1.89. The third-order valence-electron chi connectivity index (χ3n) is 3.02. The number of allylic oxidation sites excluding steroid dienone is 2. The van der Waals surface area contributed by atoms with Gasteiger partial charge in [-0.3, -0.25) is 0 Å². The molecule has 0 spiro atoms. The smallest absolute Gasteiger partial charge is 0.335 e. The molecule has 0 unspecified atom stereocenters. The summed E-state index contributed by atoms with van der Waals surface area (Å²) in [5, 5.41) is 9.04. The zero-order valence-corrected chi connectivity index (χ0v) is 9.84. The van der Waals surface area contributed by atoms with E-state index >= 15 is 0 Å². The molecule has 0 saturated carbocycles. The molecular weight excluding hydrogens is 188 g/mol. The first-order valence-electron chi connectivity index (χ1n) is 5.53. The van der Waals surface area contributed by atoms with Crippen LogP contribution in [0.3, 0.4) is 0 Å². The molecule has 0 amide bonds. The Bertz CT molecular complexity index is 308. The Kier molecular flexibility index (Phi) is 3.72. The Labute approximate surface area is 91.7 Å². The predicted molar refractivity (Wildman–Crippen MR) is 61.7 cm³/mol. The highest BCUT2D eigenvalue weighted by atomic mass is 16.4. The molecule has 84 valence electrons. The highest BCUT2D eigenvalue weighted by molar-refractivity contribution is 5.91. The van der Waals surface area contributed by atoms with Crippen molar-refractivity contribution in [3.8, 4) is 0 Å². The van der Waals surface area contributed by atoms with Gasteiger partial charge in [0.05, 0.1) is 5.57 Å². The lowest BCUT2D eigenvalue weighted by molar-refractivity contribution is -0.132. The van der Waals surface area contributed by atoms with Crippen molar-refractivity contribution in [2.75, 3.05) is 0 Å². The van der Waals surface area contributed by atoms with Crippen molar-refractivity contribution >= 4 is 5.97 Å². The van der Waals surface area contributed by atoms with Crippen LogP contribution in [0.15, 0.2) is 23.3 Å². The summed E-state index contributed by atoms with van der Waals surface area (Å²) in [4.78, 5) is 11.0. The van der Waals surface area contributed by atoms with Crippen molar-refractivity contribution in [3.63, 3.8) is 0 Å². The highest BCUT2D eigenvalue weighted by Gasteiger charge is 2.18. The van der Waals surface area contributed by atoms with Crippen LogP contribution in [0.25, 0.3) is 0 Å². The molecule has 2 heteroatoms. The molecule has 2 nitrogen and oxygen atoms in total. The normalized spacial score (nSPS) is 21.8. The first-order chi connectivity index (χ1) is 6.92. The van der Waals surface area contributed by atoms with Gasteiger partial charge < -0.3 is 5.11 Å². The van der Waals surface area contributed by atoms with E-state index in [1.54, 1.807) is 0 Å². The molecule has 1 N–H and O–H groups in total. The summed E-state index contributed by atoms with van der Waals surface area (Å²) in [5.41, 5.74) is 1.67. The minimum absolute atomic E-state index is 0.295. The van der Waals surface area contributed by atoms with Gasteiger partial charge in [0.15, 0.2) is 0 Å². The van der Waals surface area contributed by atoms with E-state index < -0.39 is 5.97 Å². The number of carbonyl (C=O) groups is 1. The molecule has 0 bridgehead atoms. The first kappa shape index (κ1) is 12.0. The van der Waals surface area contributed by atoms with Gasteiger partial charge in [0.1, 0.15) is 0 Å². The van der Waals surface area contributed by atoms with Crippen LogP contribution in [-0.2, 0) is 4.79 Å². The Hall–Kier alpha value is -1.05. The van der Waals surface area contributed by atoms with E-state index in [1.807, 2.05) is 13.0 Å². The molecule has 1 aliphatic rings. The third-order valence-corrected chi connectivity index (χ3v) is 3.02. The average molecular weight is 208 g/mol. The predicted octanol–water partition coefficient (Wildman–Crippen LogP) is 3.54. The van der Waals surface area contributed by atoms with Crippen LogP contribution in [0, 0.1) is 5.41 Å². The van der Waals surface area contributed by atoms with E-state index in [9.17, 15) is 4.79 Å². The maximum absolute atomic E-state index is 11.0. The lowest BCUT2D eigenvalue weighted by Crippen LogP contribution is -2.09. The fraction of sp³-hybridized carbons (Fsp3) is 0.615.